The molecule has 0 aliphatic rings. The van der Waals surface area contributed by atoms with Crippen LogP contribution in [0.1, 0.15) is 153 Å². The largest absolute Gasteiger partial charge is 0.505 e. The standard InChI is InChI=1S/C24H21FN2O4S.C20H18BrFN2O4.C18H11FN2O2S.C18H13FN2OS.C15H10BrFN2O2.5CH4/c1-24(2,3)31-23(29)27-13-17(21(28)15-7-5-8-18(30-4)20(15)25)16-11-14(12-26-22(16)27)19-9-6-10-32-19;1-20(2,3)28-19(26)24-10-14(13-8-11(21)9-23-18(13)24)17(25)12-6-5-7-15(27-4)16(12)22;19-16-11(3-1-4-14(16)22)17(23)13-9-21-18-12(13)7-10(8-20-18)15-5-2-6-24-15;19-17-11(3-1-4-15(17)22)7-12-9-20-18-14(12)8-13(10-21-18)16-5-2-6-23-16;1-21-12-4-2-3-9(13(12)17)14(20)11-7-19-15-10(11)5-8(16)6-18-15;;;;;/h5-13H,1-4H3;5-10H,1-4H3;1-9,22H,(H,20,21);1-6,8-10,22H,7H2,(H,20,21);2-7H,1H3,(H,18,19);5*1H4. The molecule has 0 aliphatic heterocycles. The first-order valence-electron chi connectivity index (χ1n) is 38.7. The first-order valence-corrected chi connectivity index (χ1v) is 42.9. The second kappa shape index (κ2) is 43.7. The van der Waals surface area contributed by atoms with Crippen LogP contribution in [0.15, 0.2) is 245 Å². The summed E-state index contributed by atoms with van der Waals surface area (Å²) in [5.41, 5.74) is 5.51. The number of benzene rings is 5. The van der Waals surface area contributed by atoms with Gasteiger partial charge in [-0.2, -0.15) is 0 Å². The molecule has 0 radical (unpaired) electrons. The van der Waals surface area contributed by atoms with Gasteiger partial charge in [-0.25, -0.2) is 65.6 Å². The van der Waals surface area contributed by atoms with Crippen LogP contribution in [-0.4, -0.2) is 127 Å². The van der Waals surface area contributed by atoms with Gasteiger partial charge in [-0.15, -0.1) is 34.0 Å². The highest BCUT2D eigenvalue weighted by Crippen LogP contribution is 2.38. The number of methoxy groups -OCH3 is 3. The predicted molar refractivity (Wildman–Crippen MR) is 522 cm³/mol. The maximum atomic E-state index is 14.8. The number of aromatic nitrogens is 10. The average Bonchev–Trinajstić information content (AvgIpc) is 1.69. The minimum Gasteiger partial charge on any atom is -0.505 e. The number of hydrogen-bond acceptors (Lipinski definition) is 21. The van der Waals surface area contributed by atoms with E-state index in [0.717, 1.165) is 57.0 Å². The summed E-state index contributed by atoms with van der Waals surface area (Å²) < 4.78 is 101. The minimum absolute atomic E-state index is 0. The Morgan fingerprint density at radius 2 is 0.707 bits per heavy atom. The molecule has 0 amide bonds. The molecule has 0 fully saturated rings. The van der Waals surface area contributed by atoms with E-state index in [0.29, 0.717) is 60.4 Å². The number of phenolic OH excluding ortho intramolecular Hbond substituents is 2. The maximum absolute atomic E-state index is 14.8. The molecule has 0 bridgehead atoms. The molecule has 18 aromatic rings. The van der Waals surface area contributed by atoms with Gasteiger partial charge in [0.1, 0.15) is 39.4 Å². The number of hydrogen-bond donors (Lipinski definition) is 5. The number of carbonyl (C=O) groups is 6. The van der Waals surface area contributed by atoms with Gasteiger partial charge < -0.3 is 48.8 Å². The van der Waals surface area contributed by atoms with Crippen molar-refractivity contribution < 1.29 is 84.6 Å². The van der Waals surface area contributed by atoms with E-state index in [4.69, 9.17) is 23.7 Å². The van der Waals surface area contributed by atoms with Crippen LogP contribution in [0.2, 0.25) is 0 Å². The zero-order valence-electron chi connectivity index (χ0n) is 69.1. The second-order valence-corrected chi connectivity index (χ2v) is 34.9. The van der Waals surface area contributed by atoms with Gasteiger partial charge in [0, 0.05) is 147 Å². The van der Waals surface area contributed by atoms with Crippen molar-refractivity contribution in [3.05, 3.63) is 330 Å². The topological polar surface area (TPSA) is 311 Å². The number of pyridine rings is 5. The molecular formula is C100H93Br2F5N10O13S3. The van der Waals surface area contributed by atoms with E-state index in [9.17, 15) is 60.9 Å². The summed E-state index contributed by atoms with van der Waals surface area (Å²) in [6, 6.07) is 42.8. The lowest BCUT2D eigenvalue weighted by Gasteiger charge is -2.19. The molecule has 5 aromatic carbocycles. The third kappa shape index (κ3) is 22.6. The third-order valence-electron chi connectivity index (χ3n) is 19.4. The van der Waals surface area contributed by atoms with E-state index in [-0.39, 0.29) is 105 Å². The summed E-state index contributed by atoms with van der Waals surface area (Å²) in [5, 5.41) is 28.0. The van der Waals surface area contributed by atoms with Crippen LogP contribution < -0.4 is 14.2 Å². The SMILES string of the molecule is C.C.C.C.C.COc1cccc(C(=O)c2c[nH]c3ncc(Br)cc23)c1F.COc1cccc(C(=O)c2cn(C(=O)OC(C)(C)C)c3ncc(-c4cccs4)cc23)c1F.COc1cccc(C(=O)c2cn(C(=O)OC(C)(C)C)c3ncc(Br)cc23)c1F.O=C(c1cccc(O)c1F)c1c[nH]c2ncc(-c3cccs3)cc12.Oc1cccc(Cc2c[nH]c3ncc(-c4cccs4)cc23)c1F. The Bertz CT molecular complexity index is 7260. The van der Waals surface area contributed by atoms with Crippen molar-refractivity contribution in [1.29, 1.82) is 0 Å². The number of carbonyl (C=O) groups excluding carboxylic acids is 6. The molecule has 133 heavy (non-hydrogen) atoms. The number of nitrogens with one attached hydrogen (secondary N) is 3. The molecule has 0 saturated heterocycles. The van der Waals surface area contributed by atoms with E-state index in [1.807, 2.05) is 64.9 Å². The number of phenols is 2. The molecule has 688 valence electrons. The van der Waals surface area contributed by atoms with Crippen molar-refractivity contribution in [3.8, 4) is 60.1 Å². The maximum Gasteiger partial charge on any atom is 0.420 e. The Kier molecular flexibility index (Phi) is 33.7. The van der Waals surface area contributed by atoms with Gasteiger partial charge in [0.2, 0.25) is 0 Å². The number of fused-ring (bicyclic) bond motifs is 5. The van der Waals surface area contributed by atoms with Crippen molar-refractivity contribution in [2.75, 3.05) is 21.3 Å². The fourth-order valence-electron chi connectivity index (χ4n) is 13.5. The predicted octanol–water partition coefficient (Wildman–Crippen LogP) is 26.9. The van der Waals surface area contributed by atoms with Crippen LogP contribution in [0.25, 0.3) is 86.5 Å². The van der Waals surface area contributed by atoms with Gasteiger partial charge in [0.15, 0.2) is 81.0 Å². The lowest BCUT2D eigenvalue weighted by molar-refractivity contribution is 0.0532. The van der Waals surface area contributed by atoms with E-state index in [1.165, 1.54) is 141 Å². The molecule has 0 aliphatic carbocycles. The lowest BCUT2D eigenvalue weighted by atomic mass is 10.0. The Morgan fingerprint density at radius 1 is 0.376 bits per heavy atom. The van der Waals surface area contributed by atoms with Gasteiger partial charge in [-0.1, -0.05) is 91.7 Å². The van der Waals surface area contributed by atoms with Crippen molar-refractivity contribution in [3.63, 3.8) is 0 Å². The molecule has 18 rings (SSSR count). The molecule has 0 saturated carbocycles. The average molecular weight is 1990 g/mol. The summed E-state index contributed by atoms with van der Waals surface area (Å²) in [6.07, 6.45) is 14.9. The molecule has 0 atom stereocenters. The zero-order chi connectivity index (χ0) is 91.2. The van der Waals surface area contributed by atoms with Gasteiger partial charge in [0.25, 0.3) is 0 Å². The van der Waals surface area contributed by atoms with Crippen LogP contribution in [0.4, 0.5) is 31.5 Å². The highest BCUT2D eigenvalue weighted by atomic mass is 79.9. The molecule has 13 heterocycles. The third-order valence-corrected chi connectivity index (χ3v) is 23.0. The Balaban J connectivity index is 0.000000186. The second-order valence-electron chi connectivity index (χ2n) is 30.2. The number of thiophene rings is 3. The Morgan fingerprint density at radius 3 is 1.13 bits per heavy atom. The molecule has 13 aromatic heterocycles. The number of ketones is 4. The van der Waals surface area contributed by atoms with E-state index < -0.39 is 81.4 Å². The van der Waals surface area contributed by atoms with Crippen molar-refractivity contribution in [2.45, 2.75) is 96.3 Å². The van der Waals surface area contributed by atoms with Gasteiger partial charge in [0.05, 0.1) is 54.7 Å². The molecular weight excluding hydrogens is 1900 g/mol. The number of ether oxygens (including phenoxy) is 5. The van der Waals surface area contributed by atoms with Crippen LogP contribution in [0.5, 0.6) is 28.7 Å². The van der Waals surface area contributed by atoms with Gasteiger partial charge in [-0.05, 0) is 204 Å². The quantitative estimate of drug-likeness (QED) is 0.0443. The van der Waals surface area contributed by atoms with E-state index in [1.54, 1.807) is 119 Å². The summed E-state index contributed by atoms with van der Waals surface area (Å²) >= 11 is 11.4. The molecule has 23 nitrogen and oxygen atoms in total. The van der Waals surface area contributed by atoms with Crippen LogP contribution >= 0.6 is 65.9 Å². The minimum atomic E-state index is -0.917. The Labute approximate surface area is 791 Å². The smallest absolute Gasteiger partial charge is 0.420 e. The molecule has 0 spiro atoms. The van der Waals surface area contributed by atoms with Crippen LogP contribution in [0.3, 0.4) is 0 Å². The molecule has 33 heteroatoms. The number of H-pyrrole nitrogens is 3. The fraction of sp³-hybridized carbons (Fsp3) is 0.170. The van der Waals surface area contributed by atoms with Crippen molar-refractivity contribution in [1.82, 2.24) is 49.0 Å². The number of halogens is 7. The fourth-order valence-corrected chi connectivity index (χ4v) is 16.2. The first-order chi connectivity index (χ1) is 61.3. The summed E-state index contributed by atoms with van der Waals surface area (Å²) in [7, 11) is 4.01. The van der Waals surface area contributed by atoms with Crippen molar-refractivity contribution >= 4 is 156 Å². The summed E-state index contributed by atoms with van der Waals surface area (Å²) in [4.78, 5) is 111. The van der Waals surface area contributed by atoms with E-state index in [2.05, 4.69) is 83.9 Å². The van der Waals surface area contributed by atoms with E-state index >= 15 is 0 Å². The number of aromatic hydroxyl groups is 2. The monoisotopic (exact) mass is 1990 g/mol. The highest BCUT2D eigenvalue weighted by molar-refractivity contribution is 9.10. The molecule has 0 unspecified atom stereocenters. The Hall–Kier alpha value is -14.1. The summed E-state index contributed by atoms with van der Waals surface area (Å²) in [5.74, 6) is -6.68. The van der Waals surface area contributed by atoms with Crippen LogP contribution in [0, 0.1) is 29.1 Å². The first kappa shape index (κ1) is 103. The number of rotatable bonds is 16. The number of aromatic amines is 3. The van der Waals surface area contributed by atoms with Crippen LogP contribution in [-0.2, 0) is 15.9 Å². The van der Waals surface area contributed by atoms with Crippen molar-refractivity contribution in [2.24, 2.45) is 0 Å². The normalized spacial score (nSPS) is 10.8. The summed E-state index contributed by atoms with van der Waals surface area (Å²) in [6.45, 7) is 10.4. The zero-order valence-corrected chi connectivity index (χ0v) is 74.7. The number of nitrogens with zero attached hydrogens (tertiary/aromatic N) is 7. The van der Waals surface area contributed by atoms with Gasteiger partial charge >= 0.3 is 12.2 Å². The van der Waals surface area contributed by atoms with Gasteiger partial charge in [-0.3, -0.25) is 19.2 Å². The lowest BCUT2D eigenvalue weighted by Crippen LogP contribution is -2.27. The molecule has 5 N–H and O–H groups in total. The highest BCUT2D eigenvalue weighted by Gasteiger charge is 2.31.